The van der Waals surface area contributed by atoms with Crippen LogP contribution in [0.15, 0.2) is 18.2 Å². The fraction of sp³-hybridized carbons (Fsp3) is 0.471. The fourth-order valence-electron chi connectivity index (χ4n) is 2.82. The predicted octanol–water partition coefficient (Wildman–Crippen LogP) is 0.947. The van der Waals surface area contributed by atoms with Crippen LogP contribution in [0.1, 0.15) is 36.0 Å². The molecule has 1 saturated carbocycles. The first-order valence-electron chi connectivity index (χ1n) is 7.92. The van der Waals surface area contributed by atoms with E-state index in [0.29, 0.717) is 29.9 Å². The monoisotopic (exact) mass is 350 g/mol. The smallest absolute Gasteiger partial charge is 0.305 e. The quantitative estimate of drug-likeness (QED) is 0.643. The molecule has 8 heteroatoms. The molecule has 1 aliphatic carbocycles. The number of aliphatic carboxylic acids is 1. The Morgan fingerprint density at radius 2 is 1.84 bits per heavy atom. The molecular formula is C17H22N2O6. The Hall–Kier alpha value is -2.77. The van der Waals surface area contributed by atoms with Gasteiger partial charge in [-0.3, -0.25) is 14.4 Å². The lowest BCUT2D eigenvalue weighted by molar-refractivity contribution is -0.140. The van der Waals surface area contributed by atoms with Crippen molar-refractivity contribution in [2.24, 2.45) is 0 Å². The van der Waals surface area contributed by atoms with Gasteiger partial charge in [0.15, 0.2) is 11.5 Å². The molecule has 25 heavy (non-hydrogen) atoms. The molecule has 0 bridgehead atoms. The zero-order valence-corrected chi connectivity index (χ0v) is 14.3. The molecule has 0 atom stereocenters. The highest BCUT2D eigenvalue weighted by Gasteiger charge is 2.40. The van der Waals surface area contributed by atoms with E-state index in [9.17, 15) is 14.4 Å². The summed E-state index contributed by atoms with van der Waals surface area (Å²) in [7, 11) is 2.96. The normalized spacial score (nSPS) is 14.8. The Morgan fingerprint density at radius 1 is 1.16 bits per heavy atom. The first-order chi connectivity index (χ1) is 11.9. The summed E-state index contributed by atoms with van der Waals surface area (Å²) in [6, 6.07) is 4.68. The highest BCUT2D eigenvalue weighted by Crippen LogP contribution is 2.34. The van der Waals surface area contributed by atoms with Crippen LogP contribution in [0.4, 0.5) is 0 Å². The summed E-state index contributed by atoms with van der Waals surface area (Å²) in [6.07, 6.45) is 2.04. The number of benzene rings is 1. The number of carbonyl (C=O) groups excluding carboxylic acids is 2. The maximum absolute atomic E-state index is 12.2. The molecule has 2 amide bonds. The maximum atomic E-state index is 12.2. The van der Waals surface area contributed by atoms with Crippen LogP contribution in [0.25, 0.3) is 0 Å². The van der Waals surface area contributed by atoms with Gasteiger partial charge in [-0.1, -0.05) is 0 Å². The van der Waals surface area contributed by atoms with Gasteiger partial charge in [0, 0.05) is 5.56 Å². The van der Waals surface area contributed by atoms with E-state index in [1.807, 2.05) is 0 Å². The van der Waals surface area contributed by atoms with Crippen LogP contribution in [0.3, 0.4) is 0 Å². The molecule has 8 nitrogen and oxygen atoms in total. The predicted molar refractivity (Wildman–Crippen MR) is 88.9 cm³/mol. The molecule has 136 valence electrons. The average molecular weight is 350 g/mol. The summed E-state index contributed by atoms with van der Waals surface area (Å²) >= 11 is 0. The van der Waals surface area contributed by atoms with Gasteiger partial charge >= 0.3 is 5.97 Å². The first-order valence-corrected chi connectivity index (χ1v) is 7.92. The highest BCUT2D eigenvalue weighted by atomic mass is 16.5. The van der Waals surface area contributed by atoms with Gasteiger partial charge in [-0.25, -0.2) is 0 Å². The molecule has 1 aromatic rings. The van der Waals surface area contributed by atoms with E-state index >= 15 is 0 Å². The van der Waals surface area contributed by atoms with Crippen molar-refractivity contribution in [1.82, 2.24) is 10.6 Å². The van der Waals surface area contributed by atoms with E-state index in [1.165, 1.54) is 20.3 Å². The minimum Gasteiger partial charge on any atom is -0.493 e. The maximum Gasteiger partial charge on any atom is 0.305 e. The van der Waals surface area contributed by atoms with Crippen LogP contribution < -0.4 is 20.1 Å². The van der Waals surface area contributed by atoms with Crippen LogP contribution in [-0.2, 0) is 9.59 Å². The van der Waals surface area contributed by atoms with E-state index in [4.69, 9.17) is 14.6 Å². The van der Waals surface area contributed by atoms with Crippen molar-refractivity contribution < 1.29 is 29.0 Å². The molecule has 0 spiro atoms. The fourth-order valence-corrected chi connectivity index (χ4v) is 2.82. The Kier molecular flexibility index (Phi) is 5.84. The average Bonchev–Trinajstić information content (AvgIpc) is 2.56. The second-order valence-corrected chi connectivity index (χ2v) is 6.01. The van der Waals surface area contributed by atoms with Gasteiger partial charge in [0.1, 0.15) is 0 Å². The Labute approximate surface area is 145 Å². The van der Waals surface area contributed by atoms with E-state index in [1.54, 1.807) is 12.1 Å². The SMILES string of the molecule is COc1ccc(C(=O)NCC(=O)NC2(CC(=O)O)CCC2)cc1OC. The third-order valence-electron chi connectivity index (χ3n) is 4.26. The molecule has 0 radical (unpaired) electrons. The topological polar surface area (TPSA) is 114 Å². The van der Waals surface area contributed by atoms with E-state index in [2.05, 4.69) is 10.6 Å². The standard InChI is InChI=1S/C17H22N2O6/c1-24-12-5-4-11(8-13(12)25-2)16(23)18-10-14(20)19-17(6-3-7-17)9-15(21)22/h4-5,8H,3,6-7,9-10H2,1-2H3,(H,18,23)(H,19,20)(H,21,22). The van der Waals surface area contributed by atoms with Gasteiger partial charge in [-0.15, -0.1) is 0 Å². The van der Waals surface area contributed by atoms with Crippen molar-refractivity contribution >= 4 is 17.8 Å². The van der Waals surface area contributed by atoms with Gasteiger partial charge in [0.25, 0.3) is 5.91 Å². The molecule has 0 aliphatic heterocycles. The van der Waals surface area contributed by atoms with Crippen LogP contribution in [-0.4, -0.2) is 49.2 Å². The van der Waals surface area contributed by atoms with Gasteiger partial charge < -0.3 is 25.2 Å². The van der Waals surface area contributed by atoms with Gasteiger partial charge in [0.05, 0.1) is 32.7 Å². The Bertz CT molecular complexity index is 669. The highest BCUT2D eigenvalue weighted by molar-refractivity contribution is 5.97. The summed E-state index contributed by atoms with van der Waals surface area (Å²) in [5.74, 6) is -0.881. The largest absolute Gasteiger partial charge is 0.493 e. The Morgan fingerprint density at radius 3 is 2.36 bits per heavy atom. The van der Waals surface area contributed by atoms with Crippen molar-refractivity contribution in [2.45, 2.75) is 31.2 Å². The Balaban J connectivity index is 1.91. The second-order valence-electron chi connectivity index (χ2n) is 6.01. The van der Waals surface area contributed by atoms with E-state index < -0.39 is 23.3 Å². The zero-order chi connectivity index (χ0) is 18.4. The minimum atomic E-state index is -0.950. The summed E-state index contributed by atoms with van der Waals surface area (Å²) in [5, 5.41) is 14.2. The zero-order valence-electron chi connectivity index (χ0n) is 14.3. The number of nitrogens with one attached hydrogen (secondary N) is 2. The van der Waals surface area contributed by atoms with Gasteiger partial charge in [-0.05, 0) is 37.5 Å². The molecule has 3 N–H and O–H groups in total. The van der Waals surface area contributed by atoms with Crippen molar-refractivity contribution in [3.8, 4) is 11.5 Å². The number of ether oxygens (including phenoxy) is 2. The molecule has 1 aromatic carbocycles. The number of rotatable bonds is 8. The number of carboxylic acid groups (broad SMARTS) is 1. The molecule has 0 heterocycles. The minimum absolute atomic E-state index is 0.109. The molecule has 2 rings (SSSR count). The lowest BCUT2D eigenvalue weighted by Gasteiger charge is -2.41. The van der Waals surface area contributed by atoms with Crippen LogP contribution in [0.5, 0.6) is 11.5 Å². The van der Waals surface area contributed by atoms with Crippen molar-refractivity contribution in [1.29, 1.82) is 0 Å². The second kappa shape index (κ2) is 7.87. The first kappa shape index (κ1) is 18.6. The van der Waals surface area contributed by atoms with Gasteiger partial charge in [0.2, 0.25) is 5.91 Å². The third kappa shape index (κ3) is 4.62. The lowest BCUT2D eigenvalue weighted by Crippen LogP contribution is -2.56. The van der Waals surface area contributed by atoms with Crippen molar-refractivity contribution in [3.05, 3.63) is 23.8 Å². The van der Waals surface area contributed by atoms with Crippen molar-refractivity contribution in [3.63, 3.8) is 0 Å². The number of hydrogen-bond donors (Lipinski definition) is 3. The number of methoxy groups -OCH3 is 2. The number of carbonyl (C=O) groups is 3. The third-order valence-corrected chi connectivity index (χ3v) is 4.26. The molecule has 1 aliphatic rings. The molecule has 0 unspecified atom stereocenters. The molecule has 0 aromatic heterocycles. The molecular weight excluding hydrogens is 328 g/mol. The number of carboxylic acids is 1. The number of hydrogen-bond acceptors (Lipinski definition) is 5. The van der Waals surface area contributed by atoms with E-state index in [0.717, 1.165) is 6.42 Å². The summed E-state index contributed by atoms with van der Waals surface area (Å²) in [6.45, 7) is -0.228. The van der Waals surface area contributed by atoms with Crippen molar-refractivity contribution in [2.75, 3.05) is 20.8 Å². The summed E-state index contributed by atoms with van der Waals surface area (Å²) in [5.41, 5.74) is -0.355. The summed E-state index contributed by atoms with van der Waals surface area (Å²) < 4.78 is 10.2. The van der Waals surface area contributed by atoms with Gasteiger partial charge in [-0.2, -0.15) is 0 Å². The van der Waals surface area contributed by atoms with Crippen LogP contribution in [0, 0.1) is 0 Å². The van der Waals surface area contributed by atoms with E-state index in [-0.39, 0.29) is 13.0 Å². The molecule has 1 fully saturated rings. The van der Waals surface area contributed by atoms with Crippen LogP contribution >= 0.6 is 0 Å². The molecule has 0 saturated heterocycles. The number of amides is 2. The van der Waals surface area contributed by atoms with Crippen LogP contribution in [0.2, 0.25) is 0 Å². The lowest BCUT2D eigenvalue weighted by atomic mass is 9.74. The summed E-state index contributed by atoms with van der Waals surface area (Å²) in [4.78, 5) is 35.1.